The molecule has 1 aliphatic heterocycles. The second-order valence-corrected chi connectivity index (χ2v) is 6.62. The van der Waals surface area contributed by atoms with E-state index < -0.39 is 0 Å². The second kappa shape index (κ2) is 7.67. The summed E-state index contributed by atoms with van der Waals surface area (Å²) in [6.45, 7) is 8.20. The lowest BCUT2D eigenvalue weighted by molar-refractivity contribution is -0.117. The molecule has 0 radical (unpaired) electrons. The number of imidazole rings is 1. The highest BCUT2D eigenvalue weighted by atomic mass is 32.1. The molecule has 0 spiro atoms. The van der Waals surface area contributed by atoms with E-state index in [1.165, 1.54) is 11.3 Å². The van der Waals surface area contributed by atoms with Gasteiger partial charge in [-0.15, -0.1) is 11.3 Å². The zero-order valence-corrected chi connectivity index (χ0v) is 14.1. The lowest BCUT2D eigenvalue weighted by Crippen LogP contribution is -2.49. The van der Waals surface area contributed by atoms with E-state index in [9.17, 15) is 4.79 Å². The van der Waals surface area contributed by atoms with Crippen LogP contribution in [0.2, 0.25) is 0 Å². The van der Waals surface area contributed by atoms with Gasteiger partial charge in [-0.2, -0.15) is 0 Å². The van der Waals surface area contributed by atoms with Gasteiger partial charge in [-0.1, -0.05) is 0 Å². The number of anilines is 1. The average molecular weight is 334 g/mol. The third kappa shape index (κ3) is 4.85. The molecule has 124 valence electrons. The monoisotopic (exact) mass is 334 g/mol. The number of nitrogens with zero attached hydrogens (tertiary/aromatic N) is 5. The van der Waals surface area contributed by atoms with E-state index in [0.717, 1.165) is 45.0 Å². The number of piperazine rings is 1. The third-order valence-corrected chi connectivity index (χ3v) is 4.81. The summed E-state index contributed by atoms with van der Waals surface area (Å²) in [5, 5.41) is 5.49. The highest BCUT2D eigenvalue weighted by Crippen LogP contribution is 2.14. The van der Waals surface area contributed by atoms with Gasteiger partial charge in [-0.3, -0.25) is 14.6 Å². The molecule has 7 nitrogen and oxygen atoms in total. The van der Waals surface area contributed by atoms with Gasteiger partial charge in [0.05, 0.1) is 18.6 Å². The molecule has 23 heavy (non-hydrogen) atoms. The summed E-state index contributed by atoms with van der Waals surface area (Å²) >= 11 is 1.47. The Morgan fingerprint density at radius 2 is 2.04 bits per heavy atom. The first kappa shape index (κ1) is 16.1. The van der Waals surface area contributed by atoms with Crippen LogP contribution in [0, 0.1) is 6.92 Å². The molecule has 0 atom stereocenters. The second-order valence-electron chi connectivity index (χ2n) is 5.76. The largest absolute Gasteiger partial charge is 0.336 e. The molecule has 0 aromatic carbocycles. The molecule has 0 saturated carbocycles. The van der Waals surface area contributed by atoms with Crippen molar-refractivity contribution < 1.29 is 4.79 Å². The van der Waals surface area contributed by atoms with Crippen molar-refractivity contribution in [2.24, 2.45) is 0 Å². The van der Waals surface area contributed by atoms with Crippen molar-refractivity contribution >= 4 is 22.4 Å². The molecule has 3 heterocycles. The smallest absolute Gasteiger partial charge is 0.240 e. The van der Waals surface area contributed by atoms with Gasteiger partial charge in [0.25, 0.3) is 0 Å². The summed E-state index contributed by atoms with van der Waals surface area (Å²) in [4.78, 5) is 25.0. The molecule has 0 bridgehead atoms. The van der Waals surface area contributed by atoms with Gasteiger partial charge in [0.1, 0.15) is 0 Å². The van der Waals surface area contributed by atoms with Crippen molar-refractivity contribution in [2.75, 3.05) is 44.6 Å². The van der Waals surface area contributed by atoms with Gasteiger partial charge in [0.15, 0.2) is 5.13 Å². The number of amides is 1. The van der Waals surface area contributed by atoms with Crippen LogP contribution < -0.4 is 5.32 Å². The molecule has 2 aromatic rings. The fraction of sp³-hybridized carbons (Fsp3) is 0.533. The van der Waals surface area contributed by atoms with Crippen LogP contribution in [0.15, 0.2) is 24.1 Å². The summed E-state index contributed by atoms with van der Waals surface area (Å²) in [5.74, 6) is 0.0196. The molecule has 1 saturated heterocycles. The van der Waals surface area contributed by atoms with E-state index in [2.05, 4.69) is 29.7 Å². The Labute approximate surface area is 139 Å². The maximum atomic E-state index is 12.0. The lowest BCUT2D eigenvalue weighted by atomic mass is 10.3. The zero-order valence-electron chi connectivity index (χ0n) is 13.3. The number of carbonyl (C=O) groups is 1. The minimum Gasteiger partial charge on any atom is -0.336 e. The van der Waals surface area contributed by atoms with Crippen molar-refractivity contribution in [3.8, 4) is 0 Å². The first-order valence-electron chi connectivity index (χ1n) is 7.81. The molecule has 8 heteroatoms. The summed E-state index contributed by atoms with van der Waals surface area (Å²) in [5.41, 5.74) is 0.941. The van der Waals surface area contributed by atoms with Crippen LogP contribution in [-0.4, -0.2) is 69.5 Å². The third-order valence-electron chi connectivity index (χ3n) is 3.93. The fourth-order valence-electron chi connectivity index (χ4n) is 2.62. The van der Waals surface area contributed by atoms with E-state index >= 15 is 0 Å². The van der Waals surface area contributed by atoms with E-state index in [1.54, 1.807) is 6.20 Å². The molecule has 0 unspecified atom stereocenters. The maximum absolute atomic E-state index is 12.0. The number of nitrogens with one attached hydrogen (secondary N) is 1. The number of hydrogen-bond acceptors (Lipinski definition) is 6. The van der Waals surface area contributed by atoms with Crippen molar-refractivity contribution in [1.82, 2.24) is 24.3 Å². The lowest BCUT2D eigenvalue weighted by Gasteiger charge is -2.34. The van der Waals surface area contributed by atoms with Crippen LogP contribution in [0.4, 0.5) is 5.13 Å². The first-order chi connectivity index (χ1) is 11.2. The van der Waals surface area contributed by atoms with Crippen LogP contribution >= 0.6 is 11.3 Å². The van der Waals surface area contributed by atoms with Gasteiger partial charge in [0, 0.05) is 57.0 Å². The fourth-order valence-corrected chi connectivity index (χ4v) is 3.32. The SMILES string of the molecule is Cc1csc(NC(=O)CN2CCN(CCn3ccnc3)CC2)n1. The van der Waals surface area contributed by atoms with Crippen LogP contribution in [0.3, 0.4) is 0 Å². The number of aryl methyl sites for hydroxylation is 1. The summed E-state index contributed by atoms with van der Waals surface area (Å²) in [6, 6.07) is 0. The molecule has 0 aliphatic carbocycles. The van der Waals surface area contributed by atoms with Gasteiger partial charge in [-0.05, 0) is 6.92 Å². The standard InChI is InChI=1S/C15H22N6OS/c1-13-11-23-15(17-13)18-14(22)10-20-7-4-19(5-8-20)6-9-21-3-2-16-12-21/h2-3,11-12H,4-10H2,1H3,(H,17,18,22). The summed E-state index contributed by atoms with van der Waals surface area (Å²) in [6.07, 6.45) is 5.64. The zero-order chi connectivity index (χ0) is 16.1. The van der Waals surface area contributed by atoms with Gasteiger partial charge < -0.3 is 9.88 Å². The van der Waals surface area contributed by atoms with Crippen molar-refractivity contribution in [3.05, 3.63) is 29.8 Å². The molecule has 1 amide bonds. The minimum atomic E-state index is 0.0196. The Kier molecular flexibility index (Phi) is 5.37. The highest BCUT2D eigenvalue weighted by Gasteiger charge is 2.19. The van der Waals surface area contributed by atoms with E-state index in [0.29, 0.717) is 11.7 Å². The first-order valence-corrected chi connectivity index (χ1v) is 8.69. The van der Waals surface area contributed by atoms with E-state index in [1.807, 2.05) is 24.8 Å². The Morgan fingerprint density at radius 3 is 2.70 bits per heavy atom. The maximum Gasteiger partial charge on any atom is 0.240 e. The predicted molar refractivity (Wildman–Crippen MR) is 90.6 cm³/mol. The Bertz CT molecular complexity index is 618. The van der Waals surface area contributed by atoms with Crippen LogP contribution in [0.25, 0.3) is 0 Å². The molecular weight excluding hydrogens is 312 g/mol. The van der Waals surface area contributed by atoms with E-state index in [-0.39, 0.29) is 5.91 Å². The van der Waals surface area contributed by atoms with Gasteiger partial charge in [-0.25, -0.2) is 9.97 Å². The van der Waals surface area contributed by atoms with Crippen LogP contribution in [0.5, 0.6) is 0 Å². The van der Waals surface area contributed by atoms with Crippen molar-refractivity contribution in [2.45, 2.75) is 13.5 Å². The number of carbonyl (C=O) groups excluding carboxylic acids is 1. The molecular formula is C15H22N6OS. The highest BCUT2D eigenvalue weighted by molar-refractivity contribution is 7.13. The van der Waals surface area contributed by atoms with Crippen LogP contribution in [-0.2, 0) is 11.3 Å². The average Bonchev–Trinajstić information content (AvgIpc) is 3.18. The number of aromatic nitrogens is 3. The molecule has 1 aliphatic rings. The number of rotatable bonds is 6. The molecule has 1 N–H and O–H groups in total. The Hall–Kier alpha value is -1.77. The Balaban J connectivity index is 1.36. The molecule has 3 rings (SSSR count). The minimum absolute atomic E-state index is 0.0196. The van der Waals surface area contributed by atoms with Gasteiger partial charge >= 0.3 is 0 Å². The quantitative estimate of drug-likeness (QED) is 0.850. The number of hydrogen-bond donors (Lipinski definition) is 1. The summed E-state index contributed by atoms with van der Waals surface area (Å²) in [7, 11) is 0. The Morgan fingerprint density at radius 1 is 1.26 bits per heavy atom. The number of thiazole rings is 1. The molecule has 2 aromatic heterocycles. The normalized spacial score (nSPS) is 16.6. The summed E-state index contributed by atoms with van der Waals surface area (Å²) < 4.78 is 2.09. The van der Waals surface area contributed by atoms with Crippen LogP contribution in [0.1, 0.15) is 5.69 Å². The van der Waals surface area contributed by atoms with E-state index in [4.69, 9.17) is 0 Å². The molecule has 1 fully saturated rings. The topological polar surface area (TPSA) is 66.3 Å². The van der Waals surface area contributed by atoms with Crippen molar-refractivity contribution in [3.63, 3.8) is 0 Å². The predicted octanol–water partition coefficient (Wildman–Crippen LogP) is 0.904. The van der Waals surface area contributed by atoms with Crippen molar-refractivity contribution in [1.29, 1.82) is 0 Å². The van der Waals surface area contributed by atoms with Gasteiger partial charge in [0.2, 0.25) is 5.91 Å².